The lowest BCUT2D eigenvalue weighted by molar-refractivity contribution is -0.927. The first-order chi connectivity index (χ1) is 12.2. The number of anilines is 1. The number of nitrogens with one attached hydrogen (secondary N) is 2. The monoisotopic (exact) mass is 374 g/mol. The maximum Gasteiger partial charge on any atom is 0.177 e. The fourth-order valence-corrected chi connectivity index (χ4v) is 3.79. The number of aryl methyl sites for hydroxylation is 1. The van der Waals surface area contributed by atoms with Gasteiger partial charge in [0.25, 0.3) is 0 Å². The molecule has 25 heavy (non-hydrogen) atoms. The molecule has 0 aliphatic carbocycles. The van der Waals surface area contributed by atoms with E-state index in [9.17, 15) is 0 Å². The van der Waals surface area contributed by atoms with Gasteiger partial charge in [0.15, 0.2) is 11.8 Å². The predicted molar refractivity (Wildman–Crippen MR) is 109 cm³/mol. The van der Waals surface area contributed by atoms with Gasteiger partial charge < -0.3 is 15.1 Å². The van der Waals surface area contributed by atoms with Gasteiger partial charge in [-0.15, -0.1) is 0 Å². The molecular formula is C20H25ClN3S+. The fourth-order valence-electron chi connectivity index (χ4n) is 3.32. The van der Waals surface area contributed by atoms with Crippen molar-refractivity contribution >= 4 is 34.6 Å². The van der Waals surface area contributed by atoms with Crippen LogP contribution in [0.15, 0.2) is 48.5 Å². The second kappa shape index (κ2) is 8.65. The van der Waals surface area contributed by atoms with Crippen molar-refractivity contribution in [1.82, 2.24) is 4.90 Å². The van der Waals surface area contributed by atoms with Gasteiger partial charge in [-0.25, -0.2) is 0 Å². The van der Waals surface area contributed by atoms with Gasteiger partial charge in [0.1, 0.15) is 6.54 Å². The second-order valence-electron chi connectivity index (χ2n) is 6.48. The zero-order valence-electron chi connectivity index (χ0n) is 14.6. The molecule has 0 radical (unpaired) electrons. The second-order valence-corrected chi connectivity index (χ2v) is 7.28. The summed E-state index contributed by atoms with van der Waals surface area (Å²) in [5.41, 5.74) is 3.62. The van der Waals surface area contributed by atoms with E-state index < -0.39 is 0 Å². The molecule has 1 saturated heterocycles. The van der Waals surface area contributed by atoms with Crippen LogP contribution in [0.1, 0.15) is 24.5 Å². The minimum Gasteiger partial charge on any atom is -0.332 e. The van der Waals surface area contributed by atoms with E-state index >= 15 is 0 Å². The molecule has 2 aromatic rings. The van der Waals surface area contributed by atoms with Gasteiger partial charge in [-0.1, -0.05) is 54.9 Å². The van der Waals surface area contributed by atoms with Gasteiger partial charge in [-0.05, 0) is 36.3 Å². The van der Waals surface area contributed by atoms with Crippen LogP contribution in [-0.4, -0.2) is 29.8 Å². The molecule has 0 amide bonds. The van der Waals surface area contributed by atoms with Gasteiger partial charge in [-0.3, -0.25) is 0 Å². The average Bonchev–Trinajstić information content (AvgIpc) is 2.64. The summed E-state index contributed by atoms with van der Waals surface area (Å²) in [7, 11) is 0. The Kier molecular flexibility index (Phi) is 6.29. The standard InChI is InChI=1S/C20H24ClN3S/c1-2-16-8-4-6-11-19(16)22-20(25)24-13-7-12-23(15-24)14-17-9-3-5-10-18(17)21/h3-6,8-11H,2,7,12-15H2,1H3,(H,22,25)/p+1. The van der Waals surface area contributed by atoms with Gasteiger partial charge in [0.2, 0.25) is 0 Å². The molecule has 132 valence electrons. The van der Waals surface area contributed by atoms with E-state index in [2.05, 4.69) is 53.5 Å². The lowest BCUT2D eigenvalue weighted by Gasteiger charge is -2.34. The van der Waals surface area contributed by atoms with E-state index in [1.165, 1.54) is 16.0 Å². The predicted octanol–water partition coefficient (Wildman–Crippen LogP) is 3.35. The maximum atomic E-state index is 6.32. The number of benzene rings is 2. The summed E-state index contributed by atoms with van der Waals surface area (Å²) in [4.78, 5) is 3.77. The van der Waals surface area contributed by atoms with Crippen LogP contribution >= 0.6 is 23.8 Å². The summed E-state index contributed by atoms with van der Waals surface area (Å²) in [6.45, 7) is 6.16. The molecule has 1 unspecified atom stereocenters. The Bertz CT molecular complexity index is 734. The average molecular weight is 375 g/mol. The van der Waals surface area contributed by atoms with Crippen molar-refractivity contribution in [3.63, 3.8) is 0 Å². The van der Waals surface area contributed by atoms with E-state index in [0.717, 1.165) is 55.0 Å². The van der Waals surface area contributed by atoms with Crippen LogP contribution in [-0.2, 0) is 13.0 Å². The SMILES string of the molecule is CCc1ccccc1NC(=S)N1CCC[NH+](Cc2ccccc2Cl)C1. The Labute approximate surface area is 160 Å². The van der Waals surface area contributed by atoms with Crippen molar-refractivity contribution < 1.29 is 4.90 Å². The van der Waals surface area contributed by atoms with Crippen molar-refractivity contribution in [2.24, 2.45) is 0 Å². The number of thiocarbonyl (C=S) groups is 1. The van der Waals surface area contributed by atoms with Crippen LogP contribution in [0.5, 0.6) is 0 Å². The van der Waals surface area contributed by atoms with Crippen molar-refractivity contribution in [3.05, 3.63) is 64.7 Å². The summed E-state index contributed by atoms with van der Waals surface area (Å²) in [5, 5.41) is 5.11. The molecule has 1 aliphatic heterocycles. The fraction of sp³-hybridized carbons (Fsp3) is 0.350. The molecule has 1 atom stereocenters. The molecule has 2 aromatic carbocycles. The number of nitrogens with zero attached hydrogens (tertiary/aromatic N) is 1. The minimum absolute atomic E-state index is 0.817. The molecule has 1 heterocycles. The summed E-state index contributed by atoms with van der Waals surface area (Å²) in [6.07, 6.45) is 2.13. The largest absolute Gasteiger partial charge is 0.332 e. The van der Waals surface area contributed by atoms with E-state index in [1.807, 2.05) is 12.1 Å². The maximum absolute atomic E-state index is 6.32. The molecule has 3 rings (SSSR count). The summed E-state index contributed by atoms with van der Waals surface area (Å²) in [5.74, 6) is 0. The molecule has 0 bridgehead atoms. The van der Waals surface area contributed by atoms with Crippen LogP contribution in [0.4, 0.5) is 5.69 Å². The lowest BCUT2D eigenvalue weighted by Crippen LogP contribution is -3.13. The molecule has 0 aromatic heterocycles. The zero-order valence-corrected chi connectivity index (χ0v) is 16.2. The van der Waals surface area contributed by atoms with Crippen LogP contribution < -0.4 is 10.2 Å². The minimum atomic E-state index is 0.817. The first kappa shape index (κ1) is 18.2. The van der Waals surface area contributed by atoms with Crippen molar-refractivity contribution in [1.29, 1.82) is 0 Å². The van der Waals surface area contributed by atoms with Crippen LogP contribution in [0.3, 0.4) is 0 Å². The highest BCUT2D eigenvalue weighted by molar-refractivity contribution is 7.80. The van der Waals surface area contributed by atoms with E-state index in [0.29, 0.717) is 0 Å². The third-order valence-electron chi connectivity index (χ3n) is 4.70. The summed E-state index contributed by atoms with van der Waals surface area (Å²) >= 11 is 12.0. The Morgan fingerprint density at radius 3 is 2.64 bits per heavy atom. The quantitative estimate of drug-likeness (QED) is 0.801. The Morgan fingerprint density at radius 2 is 1.88 bits per heavy atom. The van der Waals surface area contributed by atoms with Gasteiger partial charge >= 0.3 is 0 Å². The summed E-state index contributed by atoms with van der Waals surface area (Å²) < 4.78 is 0. The highest BCUT2D eigenvalue weighted by atomic mass is 35.5. The van der Waals surface area contributed by atoms with Gasteiger partial charge in [0.05, 0.1) is 6.54 Å². The number of hydrogen-bond donors (Lipinski definition) is 2. The molecule has 1 aliphatic rings. The smallest absolute Gasteiger partial charge is 0.177 e. The van der Waals surface area contributed by atoms with Crippen LogP contribution in [0.25, 0.3) is 0 Å². The van der Waals surface area contributed by atoms with Gasteiger partial charge in [0, 0.05) is 29.2 Å². The van der Waals surface area contributed by atoms with E-state index in [4.69, 9.17) is 23.8 Å². The number of rotatable bonds is 4. The molecule has 3 nitrogen and oxygen atoms in total. The normalized spacial score (nSPS) is 17.4. The molecule has 0 saturated carbocycles. The lowest BCUT2D eigenvalue weighted by atomic mass is 10.1. The van der Waals surface area contributed by atoms with Crippen molar-refractivity contribution in [3.8, 4) is 0 Å². The van der Waals surface area contributed by atoms with Crippen LogP contribution in [0, 0.1) is 0 Å². The highest BCUT2D eigenvalue weighted by Crippen LogP contribution is 2.17. The van der Waals surface area contributed by atoms with Crippen molar-refractivity contribution in [2.45, 2.75) is 26.3 Å². The number of quaternary nitrogens is 1. The number of halogens is 1. The topological polar surface area (TPSA) is 19.7 Å². The van der Waals surface area contributed by atoms with Crippen molar-refractivity contribution in [2.75, 3.05) is 25.1 Å². The number of para-hydroxylation sites is 1. The Hall–Kier alpha value is -1.62. The Morgan fingerprint density at radius 1 is 1.16 bits per heavy atom. The highest BCUT2D eigenvalue weighted by Gasteiger charge is 2.23. The summed E-state index contributed by atoms with van der Waals surface area (Å²) in [6, 6.07) is 16.5. The van der Waals surface area contributed by atoms with Gasteiger partial charge in [-0.2, -0.15) is 0 Å². The third-order valence-corrected chi connectivity index (χ3v) is 5.43. The van der Waals surface area contributed by atoms with Crippen LogP contribution in [0.2, 0.25) is 5.02 Å². The molecule has 2 N–H and O–H groups in total. The molecular weight excluding hydrogens is 350 g/mol. The number of hydrogen-bond acceptors (Lipinski definition) is 1. The third kappa shape index (κ3) is 4.72. The van der Waals surface area contributed by atoms with E-state index in [-0.39, 0.29) is 0 Å². The Balaban J connectivity index is 1.63. The molecule has 5 heteroatoms. The molecule has 1 fully saturated rings. The molecule has 0 spiro atoms. The zero-order chi connectivity index (χ0) is 17.6. The van der Waals surface area contributed by atoms with E-state index in [1.54, 1.807) is 0 Å². The first-order valence-electron chi connectivity index (χ1n) is 8.88. The first-order valence-corrected chi connectivity index (χ1v) is 9.66.